The third-order valence-corrected chi connectivity index (χ3v) is 5.67. The number of esters is 2. The van der Waals surface area contributed by atoms with Crippen LogP contribution in [0.2, 0.25) is 0 Å². The minimum absolute atomic E-state index is 0.253. The Morgan fingerprint density at radius 3 is 2.21 bits per heavy atom. The molecule has 0 unspecified atom stereocenters. The molecule has 6 heteroatoms. The lowest BCUT2D eigenvalue weighted by molar-refractivity contribution is -0.133. The number of ether oxygens (including phenoxy) is 2. The van der Waals surface area contributed by atoms with Crippen LogP contribution in [0.5, 0.6) is 11.5 Å². The van der Waals surface area contributed by atoms with Gasteiger partial charge in [0, 0.05) is 5.56 Å². The Morgan fingerprint density at radius 2 is 1.50 bits per heavy atom. The zero-order chi connectivity index (χ0) is 24.6. The number of Topliss-reactive ketones (excluding diaryl/α,β-unsaturated/α-hetero) is 1. The van der Waals surface area contributed by atoms with E-state index in [1.807, 2.05) is 45.9 Å². The summed E-state index contributed by atoms with van der Waals surface area (Å²) >= 11 is 0. The van der Waals surface area contributed by atoms with Crippen molar-refractivity contribution in [2.24, 2.45) is 0 Å². The molecule has 0 bridgehead atoms. The highest BCUT2D eigenvalue weighted by molar-refractivity contribution is 6.29. The Bertz CT molecular complexity index is 1360. The monoisotopic (exact) mass is 455 g/mol. The second-order valence-electron chi connectivity index (χ2n) is 8.53. The molecule has 0 amide bonds. The molecule has 0 radical (unpaired) electrons. The smallest absolute Gasteiger partial charge is 0.361 e. The number of hydrogen-bond acceptors (Lipinski definition) is 6. The molecule has 0 spiro atoms. The Balaban J connectivity index is 1.86. The molecule has 0 atom stereocenters. The van der Waals surface area contributed by atoms with Crippen LogP contribution in [0, 0.1) is 34.6 Å². The van der Waals surface area contributed by atoms with Gasteiger partial charge in [0.1, 0.15) is 17.0 Å². The maximum Gasteiger partial charge on any atom is 0.361 e. The summed E-state index contributed by atoms with van der Waals surface area (Å²) in [6.07, 6.45) is 0. The molecule has 34 heavy (non-hydrogen) atoms. The highest BCUT2D eigenvalue weighted by Crippen LogP contribution is 2.33. The molecule has 0 aliphatic carbocycles. The van der Waals surface area contributed by atoms with E-state index in [9.17, 15) is 14.4 Å². The molecule has 6 nitrogen and oxygen atoms in total. The fourth-order valence-electron chi connectivity index (χ4n) is 4.05. The van der Waals surface area contributed by atoms with E-state index in [0.717, 1.165) is 22.3 Å². The van der Waals surface area contributed by atoms with Gasteiger partial charge in [0.25, 0.3) is 0 Å². The third-order valence-electron chi connectivity index (χ3n) is 5.67. The van der Waals surface area contributed by atoms with Gasteiger partial charge in [0.15, 0.2) is 5.75 Å². The second-order valence-corrected chi connectivity index (χ2v) is 8.53. The van der Waals surface area contributed by atoms with Crippen LogP contribution < -0.4 is 14.8 Å². The first-order chi connectivity index (χ1) is 16.2. The molecule has 0 aromatic heterocycles. The maximum atomic E-state index is 13.7. The van der Waals surface area contributed by atoms with Gasteiger partial charge in [0.2, 0.25) is 5.78 Å². The maximum absolute atomic E-state index is 13.7. The van der Waals surface area contributed by atoms with E-state index in [0.29, 0.717) is 28.3 Å². The zero-order valence-electron chi connectivity index (χ0n) is 19.7. The minimum Gasteiger partial charge on any atom is -0.422 e. The number of hydrogen-bond donors (Lipinski definition) is 1. The summed E-state index contributed by atoms with van der Waals surface area (Å²) in [4.78, 5) is 40.2. The summed E-state index contributed by atoms with van der Waals surface area (Å²) in [6, 6.07) is 15.9. The van der Waals surface area contributed by atoms with Crippen LogP contribution in [0.25, 0.3) is 0 Å². The van der Waals surface area contributed by atoms with Crippen molar-refractivity contribution in [1.82, 2.24) is 0 Å². The Kier molecular flexibility index (Phi) is 6.07. The number of rotatable bonds is 4. The van der Waals surface area contributed by atoms with Crippen molar-refractivity contribution < 1.29 is 23.9 Å². The molecule has 0 saturated carbocycles. The predicted molar refractivity (Wildman–Crippen MR) is 129 cm³/mol. The van der Waals surface area contributed by atoms with Crippen LogP contribution in [0.15, 0.2) is 65.9 Å². The fraction of sp³-hybridized carbons (Fsp3) is 0.179. The predicted octanol–water partition coefficient (Wildman–Crippen LogP) is 5.30. The number of nitrogens with one attached hydrogen (secondary N) is 1. The number of fused-ring (bicyclic) bond motifs is 1. The van der Waals surface area contributed by atoms with Gasteiger partial charge < -0.3 is 14.8 Å². The summed E-state index contributed by atoms with van der Waals surface area (Å²) in [7, 11) is 0. The Labute approximate surface area is 198 Å². The topological polar surface area (TPSA) is 81.7 Å². The summed E-state index contributed by atoms with van der Waals surface area (Å²) in [5, 5.41) is 2.92. The first kappa shape index (κ1) is 23.0. The highest BCUT2D eigenvalue weighted by atomic mass is 16.5. The summed E-state index contributed by atoms with van der Waals surface area (Å²) in [5.74, 6) is -1.71. The first-order valence-corrected chi connectivity index (χ1v) is 10.9. The van der Waals surface area contributed by atoms with Crippen molar-refractivity contribution in [2.75, 3.05) is 5.32 Å². The molecule has 1 aliphatic rings. The van der Waals surface area contributed by atoms with Gasteiger partial charge in [0.05, 0.1) is 5.69 Å². The lowest BCUT2D eigenvalue weighted by Gasteiger charge is -2.22. The zero-order valence-corrected chi connectivity index (χ0v) is 19.7. The average molecular weight is 456 g/mol. The molecule has 1 aliphatic heterocycles. The van der Waals surface area contributed by atoms with Crippen LogP contribution >= 0.6 is 0 Å². The molecule has 1 heterocycles. The van der Waals surface area contributed by atoms with Crippen LogP contribution in [-0.4, -0.2) is 17.7 Å². The van der Waals surface area contributed by atoms with E-state index in [-0.39, 0.29) is 5.70 Å². The SMILES string of the molecule is Cc1cc(C)c(OC(=O)C(C(=O)c2cc(C)ccc2C)=C2Nc3ccccc3OC2=O)c(C)c1. The number of aryl methyl sites for hydroxylation is 5. The number of carbonyl (C=O) groups excluding carboxylic acids is 3. The molecule has 0 fully saturated rings. The van der Waals surface area contributed by atoms with E-state index in [2.05, 4.69) is 5.32 Å². The van der Waals surface area contributed by atoms with Gasteiger partial charge in [-0.3, -0.25) is 4.79 Å². The van der Waals surface area contributed by atoms with E-state index < -0.39 is 23.3 Å². The van der Waals surface area contributed by atoms with Crippen LogP contribution in [-0.2, 0) is 9.59 Å². The van der Waals surface area contributed by atoms with Crippen LogP contribution in [0.4, 0.5) is 5.69 Å². The van der Waals surface area contributed by atoms with Crippen molar-refractivity contribution >= 4 is 23.4 Å². The molecule has 0 saturated heterocycles. The van der Waals surface area contributed by atoms with E-state index in [4.69, 9.17) is 9.47 Å². The number of ketones is 1. The molecule has 4 rings (SSSR count). The van der Waals surface area contributed by atoms with Crippen molar-refractivity contribution in [2.45, 2.75) is 34.6 Å². The molecule has 3 aromatic rings. The standard InChI is InChI=1S/C28H25NO5/c1-15-10-11-17(3)20(14-15)25(30)23(24-28(32)33-22-9-7-6-8-21(22)29-24)27(31)34-26-18(4)12-16(2)13-19(26)5/h6-14,29H,1-5H3. The lowest BCUT2D eigenvalue weighted by Crippen LogP contribution is -2.31. The van der Waals surface area contributed by atoms with Crippen molar-refractivity contribution in [3.8, 4) is 11.5 Å². The Morgan fingerprint density at radius 1 is 0.824 bits per heavy atom. The molecule has 3 aromatic carbocycles. The molecular weight excluding hydrogens is 430 g/mol. The van der Waals surface area contributed by atoms with Gasteiger partial charge in [-0.25, -0.2) is 9.59 Å². The van der Waals surface area contributed by atoms with Crippen molar-refractivity contribution in [1.29, 1.82) is 0 Å². The number of benzene rings is 3. The van der Waals surface area contributed by atoms with E-state index in [1.54, 1.807) is 43.3 Å². The quantitative estimate of drug-likeness (QED) is 0.144. The van der Waals surface area contributed by atoms with Crippen molar-refractivity contribution in [3.63, 3.8) is 0 Å². The van der Waals surface area contributed by atoms with Gasteiger partial charge in [-0.1, -0.05) is 47.5 Å². The summed E-state index contributed by atoms with van der Waals surface area (Å²) in [6.45, 7) is 9.22. The van der Waals surface area contributed by atoms with Gasteiger partial charge >= 0.3 is 11.9 Å². The first-order valence-electron chi connectivity index (χ1n) is 10.9. The van der Waals surface area contributed by atoms with Gasteiger partial charge in [-0.2, -0.15) is 0 Å². The molecular formula is C28H25NO5. The largest absolute Gasteiger partial charge is 0.422 e. The molecule has 1 N–H and O–H groups in total. The van der Waals surface area contributed by atoms with Crippen LogP contribution in [0.3, 0.4) is 0 Å². The fourth-order valence-corrected chi connectivity index (χ4v) is 4.05. The van der Waals surface area contributed by atoms with Gasteiger partial charge in [-0.05, 0) is 69.5 Å². The second kappa shape index (κ2) is 8.98. The Hall–Kier alpha value is -4.19. The minimum atomic E-state index is -0.931. The van der Waals surface area contributed by atoms with E-state index in [1.165, 1.54) is 0 Å². The third kappa shape index (κ3) is 4.35. The lowest BCUT2D eigenvalue weighted by atomic mass is 9.95. The normalized spacial score (nSPS) is 14.0. The van der Waals surface area contributed by atoms with Crippen LogP contribution in [0.1, 0.15) is 38.2 Å². The van der Waals surface area contributed by atoms with E-state index >= 15 is 0 Å². The average Bonchev–Trinajstić information content (AvgIpc) is 2.78. The number of para-hydroxylation sites is 2. The number of anilines is 1. The van der Waals surface area contributed by atoms with Gasteiger partial charge in [-0.15, -0.1) is 0 Å². The van der Waals surface area contributed by atoms with Crippen molar-refractivity contribution in [3.05, 3.63) is 99.2 Å². The number of carbonyl (C=O) groups is 3. The molecule has 172 valence electrons. The highest BCUT2D eigenvalue weighted by Gasteiger charge is 2.35. The summed E-state index contributed by atoms with van der Waals surface area (Å²) in [5.41, 5.74) is 4.16. The summed E-state index contributed by atoms with van der Waals surface area (Å²) < 4.78 is 11.1.